The molecule has 56 heavy (non-hydrogen) atoms. The fraction of sp³-hybridized carbons (Fsp3) is 0.368. The highest BCUT2D eigenvalue weighted by Gasteiger charge is 2.65. The van der Waals surface area contributed by atoms with Crippen LogP contribution < -0.4 is 10.6 Å². The Hall–Kier alpha value is -5.62. The number of thioether (sulfide) groups is 2. The molecule has 6 heterocycles. The summed E-state index contributed by atoms with van der Waals surface area (Å²) in [7, 11) is 0. The van der Waals surface area contributed by atoms with E-state index >= 15 is 0 Å². The molecule has 0 radical (unpaired) electrons. The number of aryl methyl sites for hydroxylation is 2. The number of rotatable bonds is 8. The van der Waals surface area contributed by atoms with Crippen LogP contribution in [-0.2, 0) is 19.2 Å². The highest BCUT2D eigenvalue weighted by Crippen LogP contribution is 2.52. The van der Waals surface area contributed by atoms with E-state index in [0.29, 0.717) is 22.9 Å². The Balaban J connectivity index is 0.000000172. The zero-order valence-corrected chi connectivity index (χ0v) is 32.6. The Labute approximate surface area is 328 Å². The van der Waals surface area contributed by atoms with E-state index < -0.39 is 68.2 Å². The number of hydrogen-bond acceptors (Lipinski definition) is 12. The summed E-state index contributed by atoms with van der Waals surface area (Å²) in [4.78, 5) is 76.9. The second-order valence-electron chi connectivity index (χ2n) is 14.8. The molecular weight excluding hydrogens is 765 g/mol. The van der Waals surface area contributed by atoms with E-state index in [4.69, 9.17) is 9.05 Å². The number of hydrogen-bond donors (Lipinski definition) is 4. The van der Waals surface area contributed by atoms with Crippen molar-refractivity contribution in [2.24, 2.45) is 0 Å². The number of amides is 4. The molecule has 16 nitrogen and oxygen atoms in total. The van der Waals surface area contributed by atoms with Gasteiger partial charge >= 0.3 is 11.9 Å². The molecule has 8 rings (SSSR count). The van der Waals surface area contributed by atoms with Crippen molar-refractivity contribution in [3.63, 3.8) is 0 Å². The van der Waals surface area contributed by atoms with Gasteiger partial charge in [0.1, 0.15) is 69.0 Å². The predicted molar refractivity (Wildman–Crippen MR) is 203 cm³/mol. The van der Waals surface area contributed by atoms with E-state index in [0.717, 1.165) is 11.1 Å². The van der Waals surface area contributed by atoms with Crippen molar-refractivity contribution in [2.75, 3.05) is 0 Å². The lowest BCUT2D eigenvalue weighted by Crippen LogP contribution is -2.70. The number of carbonyl (C=O) groups is 6. The minimum absolute atomic E-state index is 0.273. The van der Waals surface area contributed by atoms with Crippen LogP contribution in [0, 0.1) is 13.8 Å². The standard InChI is InChI=1S/2C19H19N3O5S/c2*1-9-11(12(21-27-9)10-7-5-4-6-8-10)15(23)20-13-16(24)22-14(18(25)26)19(2,3)28-17(13)22/h2*4-8,13-14,17H,1-3H3,(H,20,23)(H,25,26)/t2*13-,14+,17-/m11/s1. The summed E-state index contributed by atoms with van der Waals surface area (Å²) < 4.78 is 9.13. The van der Waals surface area contributed by atoms with Crippen molar-refractivity contribution in [2.45, 2.75) is 86.0 Å². The van der Waals surface area contributed by atoms with E-state index in [2.05, 4.69) is 20.9 Å². The molecule has 18 heteroatoms. The number of carboxylic acid groups (broad SMARTS) is 2. The summed E-state index contributed by atoms with van der Waals surface area (Å²) in [5, 5.41) is 31.6. The van der Waals surface area contributed by atoms with E-state index in [9.17, 15) is 39.0 Å². The number of fused-ring (bicyclic) bond motifs is 2. The summed E-state index contributed by atoms with van der Waals surface area (Å²) in [6.45, 7) is 10.4. The van der Waals surface area contributed by atoms with Gasteiger partial charge in [0.05, 0.1) is 0 Å². The molecule has 2 aromatic heterocycles. The second kappa shape index (κ2) is 14.1. The van der Waals surface area contributed by atoms with Crippen LogP contribution >= 0.6 is 23.5 Å². The van der Waals surface area contributed by atoms with Crippen molar-refractivity contribution in [1.82, 2.24) is 30.7 Å². The summed E-state index contributed by atoms with van der Waals surface area (Å²) in [5.74, 6) is -3.09. The molecule has 0 aliphatic carbocycles. The molecule has 292 valence electrons. The van der Waals surface area contributed by atoms with Crippen molar-refractivity contribution < 1.29 is 48.0 Å². The molecule has 4 fully saturated rings. The maximum atomic E-state index is 12.9. The first kappa shape index (κ1) is 38.6. The van der Waals surface area contributed by atoms with Crippen LogP contribution in [0.25, 0.3) is 22.5 Å². The van der Waals surface area contributed by atoms with Gasteiger partial charge in [-0.1, -0.05) is 71.0 Å². The Kier molecular flexibility index (Phi) is 9.76. The van der Waals surface area contributed by atoms with Crippen LogP contribution in [0.15, 0.2) is 69.7 Å². The topological polar surface area (TPSA) is 225 Å². The third kappa shape index (κ3) is 6.39. The Morgan fingerprint density at radius 3 is 1.30 bits per heavy atom. The highest BCUT2D eigenvalue weighted by atomic mass is 32.2. The van der Waals surface area contributed by atoms with Crippen molar-refractivity contribution in [3.8, 4) is 22.5 Å². The first-order valence-corrected chi connectivity index (χ1v) is 19.3. The second-order valence-corrected chi connectivity index (χ2v) is 18.3. The number of nitrogens with one attached hydrogen (secondary N) is 2. The molecule has 4 aliphatic heterocycles. The minimum Gasteiger partial charge on any atom is -0.480 e. The highest BCUT2D eigenvalue weighted by molar-refractivity contribution is 8.02. The normalized spacial score (nSPS) is 25.2. The predicted octanol–water partition coefficient (Wildman–Crippen LogP) is 3.79. The number of β-lactam (4-membered cyclic amide) rings is 2. The van der Waals surface area contributed by atoms with Gasteiger partial charge < -0.3 is 39.7 Å². The molecule has 4 aliphatic rings. The van der Waals surface area contributed by atoms with Crippen molar-refractivity contribution in [3.05, 3.63) is 83.3 Å². The number of aromatic nitrogens is 2. The Bertz CT molecular complexity index is 2100. The molecule has 0 spiro atoms. The lowest BCUT2D eigenvalue weighted by Gasteiger charge is -2.43. The monoisotopic (exact) mass is 802 g/mol. The third-order valence-electron chi connectivity index (χ3n) is 10.2. The van der Waals surface area contributed by atoms with Gasteiger partial charge in [0.25, 0.3) is 11.8 Å². The van der Waals surface area contributed by atoms with Gasteiger partial charge in [0.15, 0.2) is 0 Å². The van der Waals surface area contributed by atoms with Crippen LogP contribution in [0.5, 0.6) is 0 Å². The molecular formula is C38H38N6O10S2. The summed E-state index contributed by atoms with van der Waals surface area (Å²) in [5.41, 5.74) is 2.81. The number of carboxylic acids is 2. The average Bonchev–Trinajstić information content (AvgIpc) is 3.88. The van der Waals surface area contributed by atoms with Crippen LogP contribution in [0.3, 0.4) is 0 Å². The van der Waals surface area contributed by atoms with Gasteiger partial charge in [0.2, 0.25) is 11.8 Å². The van der Waals surface area contributed by atoms with Gasteiger partial charge in [0, 0.05) is 20.6 Å². The Morgan fingerprint density at radius 2 is 0.982 bits per heavy atom. The van der Waals surface area contributed by atoms with Crippen molar-refractivity contribution in [1.29, 1.82) is 0 Å². The van der Waals surface area contributed by atoms with Crippen LogP contribution in [0.2, 0.25) is 0 Å². The molecule has 4 saturated heterocycles. The van der Waals surface area contributed by atoms with Gasteiger partial charge in [-0.3, -0.25) is 19.2 Å². The first-order chi connectivity index (χ1) is 26.4. The van der Waals surface area contributed by atoms with Gasteiger partial charge in [-0.15, -0.1) is 23.5 Å². The summed E-state index contributed by atoms with van der Waals surface area (Å²) in [6, 6.07) is 14.9. The molecule has 0 bridgehead atoms. The molecule has 0 saturated carbocycles. The van der Waals surface area contributed by atoms with Crippen LogP contribution in [0.4, 0.5) is 0 Å². The lowest BCUT2D eigenvalue weighted by atomic mass is 9.95. The number of aliphatic carboxylic acids is 2. The SMILES string of the molecule is Cc1onc(-c2ccccc2)c1C(=O)N[C@@H]1C(=O)N2[C@@H]1SC(C)(C)[C@@H]2C(=O)O.Cc1onc(-c2ccccc2)c1C(=O)N[C@@H]1C(=O)N2[C@@H]1SC(C)(C)[C@@H]2C(=O)O. The molecule has 2 aromatic carbocycles. The largest absolute Gasteiger partial charge is 0.480 e. The Morgan fingerprint density at radius 1 is 0.643 bits per heavy atom. The minimum atomic E-state index is -1.04. The maximum absolute atomic E-state index is 12.9. The van der Waals surface area contributed by atoms with E-state index in [-0.39, 0.29) is 22.9 Å². The smallest absolute Gasteiger partial charge is 0.327 e. The van der Waals surface area contributed by atoms with Gasteiger partial charge in [-0.2, -0.15) is 0 Å². The van der Waals surface area contributed by atoms with Crippen LogP contribution in [0.1, 0.15) is 59.9 Å². The average molecular weight is 803 g/mol. The molecule has 4 aromatic rings. The van der Waals surface area contributed by atoms with E-state index in [1.54, 1.807) is 41.5 Å². The fourth-order valence-corrected chi connectivity index (χ4v) is 10.8. The summed E-state index contributed by atoms with van der Waals surface area (Å²) >= 11 is 2.76. The van der Waals surface area contributed by atoms with Gasteiger partial charge in [-0.05, 0) is 41.5 Å². The molecule has 4 amide bonds. The first-order valence-electron chi connectivity index (χ1n) is 17.5. The van der Waals surface area contributed by atoms with Crippen molar-refractivity contribution >= 4 is 59.1 Å². The molecule has 4 N–H and O–H groups in total. The number of carbonyl (C=O) groups excluding carboxylic acids is 4. The molecule has 0 unspecified atom stereocenters. The zero-order valence-electron chi connectivity index (χ0n) is 31.0. The van der Waals surface area contributed by atoms with E-state index in [1.165, 1.54) is 33.3 Å². The zero-order chi connectivity index (χ0) is 40.4. The quantitative estimate of drug-likeness (QED) is 0.186. The third-order valence-corrected chi connectivity index (χ3v) is 13.3. The molecule has 6 atom stereocenters. The van der Waals surface area contributed by atoms with Gasteiger partial charge in [-0.25, -0.2) is 9.59 Å². The number of nitrogens with zero attached hydrogens (tertiary/aromatic N) is 4. The maximum Gasteiger partial charge on any atom is 0.327 e. The van der Waals surface area contributed by atoms with Crippen LogP contribution in [-0.4, -0.2) is 110 Å². The van der Waals surface area contributed by atoms with E-state index in [1.807, 2.05) is 60.7 Å². The number of benzene rings is 2. The lowest BCUT2D eigenvalue weighted by molar-refractivity contribution is -0.159. The fourth-order valence-electron chi connectivity index (χ4n) is 7.58. The summed E-state index contributed by atoms with van der Waals surface area (Å²) in [6.07, 6.45) is 0.